The minimum Gasteiger partial charge on any atom is -0.206 e. The average molecular weight is 424 g/mol. The van der Waals surface area contributed by atoms with Gasteiger partial charge in [0, 0.05) is 11.5 Å². The van der Waals surface area contributed by atoms with E-state index in [9.17, 15) is 8.78 Å². The standard InChI is InChI=1S/C26H27F2NS/c1-3-4-5-19-6-8-20(9-7-19)10-11-21-12-14-22(15-13-21)23-16-24(27)26(30-17-29)25(28)18(23)2/h12-16,19-20H,3-9H2,1-2H3. The first-order valence-corrected chi connectivity index (χ1v) is 11.5. The predicted octanol–water partition coefficient (Wildman–Crippen LogP) is 7.86. The Labute approximate surface area is 182 Å². The third kappa shape index (κ3) is 5.44. The van der Waals surface area contributed by atoms with Crippen molar-refractivity contribution in [3.05, 3.63) is 53.1 Å². The predicted molar refractivity (Wildman–Crippen MR) is 120 cm³/mol. The molecule has 2 aromatic rings. The molecule has 0 heterocycles. The van der Waals surface area contributed by atoms with E-state index < -0.39 is 11.6 Å². The zero-order chi connectivity index (χ0) is 21.5. The summed E-state index contributed by atoms with van der Waals surface area (Å²) in [6, 6.07) is 8.81. The van der Waals surface area contributed by atoms with Gasteiger partial charge in [0.15, 0.2) is 0 Å². The van der Waals surface area contributed by atoms with Crippen LogP contribution in [0.2, 0.25) is 0 Å². The van der Waals surface area contributed by atoms with Crippen LogP contribution in [0.4, 0.5) is 8.78 Å². The van der Waals surface area contributed by atoms with Crippen LogP contribution in [0.5, 0.6) is 0 Å². The second-order valence-corrected chi connectivity index (χ2v) is 8.87. The van der Waals surface area contributed by atoms with Crippen LogP contribution >= 0.6 is 11.8 Å². The molecule has 3 rings (SSSR count). The summed E-state index contributed by atoms with van der Waals surface area (Å²) in [5.41, 5.74) is 2.49. The molecule has 0 N–H and O–H groups in total. The van der Waals surface area contributed by atoms with Crippen LogP contribution in [0.25, 0.3) is 11.1 Å². The van der Waals surface area contributed by atoms with Crippen molar-refractivity contribution in [3.8, 4) is 28.4 Å². The van der Waals surface area contributed by atoms with Crippen molar-refractivity contribution in [2.75, 3.05) is 0 Å². The molecule has 0 amide bonds. The summed E-state index contributed by atoms with van der Waals surface area (Å²) < 4.78 is 28.7. The summed E-state index contributed by atoms with van der Waals surface area (Å²) in [5.74, 6) is 6.67. The molecule has 0 unspecified atom stereocenters. The zero-order valence-electron chi connectivity index (χ0n) is 17.6. The molecule has 30 heavy (non-hydrogen) atoms. The maximum absolute atomic E-state index is 14.5. The van der Waals surface area contributed by atoms with Crippen molar-refractivity contribution in [2.45, 2.75) is 63.7 Å². The Morgan fingerprint density at radius 2 is 1.80 bits per heavy atom. The SMILES string of the molecule is CCCCC1CCC(C#Cc2ccc(-c3cc(F)c(SC#N)c(F)c3C)cc2)CC1. The summed E-state index contributed by atoms with van der Waals surface area (Å²) in [4.78, 5) is -0.245. The van der Waals surface area contributed by atoms with Gasteiger partial charge in [-0.1, -0.05) is 50.2 Å². The highest BCUT2D eigenvalue weighted by molar-refractivity contribution is 8.03. The van der Waals surface area contributed by atoms with Gasteiger partial charge in [-0.15, -0.1) is 0 Å². The fraction of sp³-hybridized carbons (Fsp3) is 0.423. The van der Waals surface area contributed by atoms with E-state index >= 15 is 0 Å². The Kier molecular flexibility index (Phi) is 7.94. The fourth-order valence-electron chi connectivity index (χ4n) is 4.14. The zero-order valence-corrected chi connectivity index (χ0v) is 18.4. The minimum absolute atomic E-state index is 0.245. The molecule has 4 heteroatoms. The van der Waals surface area contributed by atoms with Crippen molar-refractivity contribution in [1.29, 1.82) is 5.26 Å². The summed E-state index contributed by atoms with van der Waals surface area (Å²) >= 11 is 0.510. The Morgan fingerprint density at radius 3 is 2.43 bits per heavy atom. The lowest BCUT2D eigenvalue weighted by molar-refractivity contribution is 0.296. The number of halogens is 2. The third-order valence-corrected chi connectivity index (χ3v) is 6.67. The molecule has 0 radical (unpaired) electrons. The highest BCUT2D eigenvalue weighted by Crippen LogP contribution is 2.34. The second-order valence-electron chi connectivity index (χ2n) is 8.07. The van der Waals surface area contributed by atoms with Gasteiger partial charge in [0.05, 0.1) is 4.90 Å². The van der Waals surface area contributed by atoms with Crippen LogP contribution in [0, 0.1) is 52.9 Å². The van der Waals surface area contributed by atoms with E-state index in [2.05, 4.69) is 18.8 Å². The Hall–Kier alpha value is -2.30. The van der Waals surface area contributed by atoms with Gasteiger partial charge in [-0.05, 0) is 85.2 Å². The van der Waals surface area contributed by atoms with E-state index in [1.165, 1.54) is 51.0 Å². The van der Waals surface area contributed by atoms with Crippen molar-refractivity contribution in [3.63, 3.8) is 0 Å². The number of thioether (sulfide) groups is 1. The topological polar surface area (TPSA) is 23.8 Å². The number of rotatable bonds is 5. The van der Waals surface area contributed by atoms with E-state index in [0.717, 1.165) is 17.0 Å². The molecular formula is C26H27F2NS. The van der Waals surface area contributed by atoms with E-state index in [-0.39, 0.29) is 4.90 Å². The summed E-state index contributed by atoms with van der Waals surface area (Å²) in [5, 5.41) is 10.5. The molecule has 1 aliphatic carbocycles. The molecule has 1 aliphatic rings. The molecule has 0 atom stereocenters. The van der Waals surface area contributed by atoms with Crippen molar-refractivity contribution in [2.24, 2.45) is 11.8 Å². The van der Waals surface area contributed by atoms with E-state index in [0.29, 0.717) is 28.8 Å². The number of hydrogen-bond donors (Lipinski definition) is 0. The molecule has 0 aromatic heterocycles. The van der Waals surface area contributed by atoms with Gasteiger partial charge in [0.2, 0.25) is 0 Å². The van der Waals surface area contributed by atoms with Crippen LogP contribution in [0.1, 0.15) is 63.0 Å². The normalized spacial score (nSPS) is 18.4. The first-order chi connectivity index (χ1) is 14.5. The van der Waals surface area contributed by atoms with Gasteiger partial charge < -0.3 is 0 Å². The Balaban J connectivity index is 1.69. The minimum atomic E-state index is -0.710. The van der Waals surface area contributed by atoms with Crippen molar-refractivity contribution >= 4 is 11.8 Å². The lowest BCUT2D eigenvalue weighted by Gasteiger charge is -2.25. The van der Waals surface area contributed by atoms with E-state index in [1.54, 1.807) is 12.3 Å². The van der Waals surface area contributed by atoms with Crippen LogP contribution in [-0.4, -0.2) is 0 Å². The average Bonchev–Trinajstić information content (AvgIpc) is 2.77. The van der Waals surface area contributed by atoms with Crippen LogP contribution in [0.15, 0.2) is 35.2 Å². The van der Waals surface area contributed by atoms with E-state index in [4.69, 9.17) is 5.26 Å². The van der Waals surface area contributed by atoms with Crippen LogP contribution in [-0.2, 0) is 0 Å². The van der Waals surface area contributed by atoms with Gasteiger partial charge in [0.25, 0.3) is 0 Å². The molecule has 1 saturated carbocycles. The molecule has 1 fully saturated rings. The fourth-order valence-corrected chi connectivity index (χ4v) is 4.63. The molecule has 2 aromatic carbocycles. The number of unbranched alkanes of at least 4 members (excludes halogenated alkanes) is 1. The monoisotopic (exact) mass is 423 g/mol. The second kappa shape index (κ2) is 10.6. The largest absolute Gasteiger partial charge is 0.206 e. The number of hydrogen-bond acceptors (Lipinski definition) is 2. The summed E-state index contributed by atoms with van der Waals surface area (Å²) in [7, 11) is 0. The van der Waals surface area contributed by atoms with Gasteiger partial charge in [-0.2, -0.15) is 5.26 Å². The van der Waals surface area contributed by atoms with Gasteiger partial charge >= 0.3 is 0 Å². The number of nitrogens with zero attached hydrogens (tertiary/aromatic N) is 1. The lowest BCUT2D eigenvalue weighted by atomic mass is 9.80. The molecule has 156 valence electrons. The van der Waals surface area contributed by atoms with Crippen LogP contribution < -0.4 is 0 Å². The first-order valence-electron chi connectivity index (χ1n) is 10.7. The first kappa shape index (κ1) is 22.4. The van der Waals surface area contributed by atoms with Gasteiger partial charge in [-0.3, -0.25) is 0 Å². The Bertz CT molecular complexity index is 971. The van der Waals surface area contributed by atoms with Crippen molar-refractivity contribution < 1.29 is 8.78 Å². The maximum atomic E-state index is 14.5. The van der Waals surface area contributed by atoms with Gasteiger partial charge in [-0.25, -0.2) is 8.78 Å². The van der Waals surface area contributed by atoms with E-state index in [1.807, 2.05) is 24.3 Å². The Morgan fingerprint density at radius 1 is 1.10 bits per heavy atom. The molecule has 1 nitrogen and oxygen atoms in total. The summed E-state index contributed by atoms with van der Waals surface area (Å²) in [6.07, 6.45) is 8.91. The summed E-state index contributed by atoms with van der Waals surface area (Å²) in [6.45, 7) is 3.86. The van der Waals surface area contributed by atoms with Crippen molar-refractivity contribution in [1.82, 2.24) is 0 Å². The highest BCUT2D eigenvalue weighted by Gasteiger charge is 2.19. The smallest absolute Gasteiger partial charge is 0.144 e. The third-order valence-electron chi connectivity index (χ3n) is 6.00. The molecule has 0 bridgehead atoms. The van der Waals surface area contributed by atoms with Crippen LogP contribution in [0.3, 0.4) is 0 Å². The number of benzene rings is 2. The van der Waals surface area contributed by atoms with Gasteiger partial charge in [0.1, 0.15) is 17.0 Å². The number of nitriles is 1. The maximum Gasteiger partial charge on any atom is 0.144 e. The molecule has 0 aliphatic heterocycles. The highest BCUT2D eigenvalue weighted by atomic mass is 32.2. The molecule has 0 saturated heterocycles. The molecular weight excluding hydrogens is 396 g/mol. The lowest BCUT2D eigenvalue weighted by Crippen LogP contribution is -2.13. The number of thiocyanates is 1. The molecule has 0 spiro atoms. The quantitative estimate of drug-likeness (QED) is 0.278.